The van der Waals surface area contributed by atoms with Gasteiger partial charge < -0.3 is 40.1 Å². The predicted molar refractivity (Wildman–Crippen MR) is 166 cm³/mol. The van der Waals surface area contributed by atoms with Gasteiger partial charge >= 0.3 is 5.97 Å². The van der Waals surface area contributed by atoms with E-state index in [0.717, 1.165) is 50.5 Å². The molecule has 1 aliphatic heterocycles. The Hall–Kier alpha value is -1.07. The van der Waals surface area contributed by atoms with Gasteiger partial charge in [0.1, 0.15) is 24.4 Å². The van der Waals surface area contributed by atoms with Crippen molar-refractivity contribution < 1.29 is 44.9 Å². The van der Waals surface area contributed by atoms with E-state index in [1.807, 2.05) is 0 Å². The van der Waals surface area contributed by atoms with Crippen LogP contribution in [0.1, 0.15) is 98.8 Å². The van der Waals surface area contributed by atoms with Gasteiger partial charge in [-0.1, -0.05) is 39.8 Å². The lowest BCUT2D eigenvalue weighted by molar-refractivity contribution is -0.299. The molecule has 0 amide bonds. The van der Waals surface area contributed by atoms with Crippen molar-refractivity contribution >= 4 is 5.97 Å². The van der Waals surface area contributed by atoms with Gasteiger partial charge in [0.2, 0.25) is 6.29 Å². The first-order valence-electron chi connectivity index (χ1n) is 17.5. The molecule has 1 heterocycles. The summed E-state index contributed by atoms with van der Waals surface area (Å²) in [4.78, 5) is 14.4. The van der Waals surface area contributed by atoms with Crippen molar-refractivity contribution in [2.45, 2.75) is 136 Å². The summed E-state index contributed by atoms with van der Waals surface area (Å²) < 4.78 is 11.5. The predicted octanol–water partition coefficient (Wildman–Crippen LogP) is 3.32. The number of carbonyl (C=O) groups excluding carboxylic acids is 1. The topological polar surface area (TPSA) is 157 Å². The number of esters is 1. The average molecular weight is 635 g/mol. The van der Waals surface area contributed by atoms with Crippen molar-refractivity contribution in [3.8, 4) is 0 Å². The number of rotatable bonds is 5. The summed E-state index contributed by atoms with van der Waals surface area (Å²) in [5, 5.41) is 62.6. The van der Waals surface area contributed by atoms with E-state index < -0.39 is 60.2 Å². The maximum absolute atomic E-state index is 14.4. The minimum absolute atomic E-state index is 0.000801. The number of ether oxygens (including phenoxy) is 2. The summed E-state index contributed by atoms with van der Waals surface area (Å²) in [7, 11) is 0. The van der Waals surface area contributed by atoms with Gasteiger partial charge in [-0.25, -0.2) is 0 Å². The Morgan fingerprint density at radius 1 is 0.822 bits per heavy atom. The van der Waals surface area contributed by atoms with Gasteiger partial charge in [-0.2, -0.15) is 0 Å². The largest absolute Gasteiger partial charge is 0.432 e. The van der Waals surface area contributed by atoms with Crippen molar-refractivity contribution in [1.29, 1.82) is 0 Å². The van der Waals surface area contributed by atoms with Crippen LogP contribution in [0.3, 0.4) is 0 Å². The van der Waals surface area contributed by atoms with Crippen molar-refractivity contribution in [2.24, 2.45) is 56.7 Å². The molecule has 9 nitrogen and oxygen atoms in total. The maximum atomic E-state index is 14.4. The van der Waals surface area contributed by atoms with Crippen LogP contribution in [0.15, 0.2) is 12.2 Å². The molecule has 1 saturated heterocycles. The van der Waals surface area contributed by atoms with E-state index in [1.54, 1.807) is 0 Å². The number of aliphatic hydroxyl groups is 6. The highest BCUT2D eigenvalue weighted by Crippen LogP contribution is 2.77. The van der Waals surface area contributed by atoms with Crippen LogP contribution in [0.2, 0.25) is 0 Å². The minimum atomic E-state index is -1.63. The standard InChI is InChI=1S/C36H58O9/c1-19(2)20-9-14-36(31(43)45-30-29(42)28(41)27(40)22(17-37)44-30)16-15-34(5)21(26(20)36)7-8-24-32(3)12-11-25(39)33(4,18-38)23(32)10-13-35(24,34)6/h20-30,37-42H,1,7-18H2,2-6H3/t20-,21?,22+,23?,24?,25?,26?,27+,28-,29+,30-,32-,33-,34+,35+,36?/m0/s1. The van der Waals surface area contributed by atoms with Crippen molar-refractivity contribution in [3.63, 3.8) is 0 Å². The molecule has 6 N–H and O–H groups in total. The van der Waals surface area contributed by atoms with Gasteiger partial charge in [0.25, 0.3) is 0 Å². The van der Waals surface area contributed by atoms with Gasteiger partial charge in [0.05, 0.1) is 24.7 Å². The molecule has 0 aromatic carbocycles. The van der Waals surface area contributed by atoms with Gasteiger partial charge in [-0.15, -0.1) is 0 Å². The average Bonchev–Trinajstić information content (AvgIpc) is 3.41. The first-order chi connectivity index (χ1) is 21.1. The molecule has 0 bridgehead atoms. The molecular weight excluding hydrogens is 576 g/mol. The van der Waals surface area contributed by atoms with Crippen molar-refractivity contribution in [2.75, 3.05) is 13.2 Å². The van der Waals surface area contributed by atoms with Crippen LogP contribution < -0.4 is 0 Å². The van der Waals surface area contributed by atoms with E-state index >= 15 is 0 Å². The number of hydrogen-bond acceptors (Lipinski definition) is 9. The quantitative estimate of drug-likeness (QED) is 0.197. The molecular formula is C36H58O9. The van der Waals surface area contributed by atoms with Crippen LogP contribution >= 0.6 is 0 Å². The summed E-state index contributed by atoms with van der Waals surface area (Å²) in [6.07, 6.45) is 0.852. The molecule has 0 spiro atoms. The SMILES string of the molecule is C=C(C)[C@@H]1CCC2(C(=O)O[C@@H]3O[C@H](CO)[C@@H](O)[C@H](O)[C@H]3O)CC[C@]3(C)C(CCC4[C@@]5(C)CCC(O)[C@@](C)(CO)C5CC[C@]43C)C12. The Morgan fingerprint density at radius 3 is 2.18 bits per heavy atom. The zero-order valence-electron chi connectivity index (χ0n) is 28.0. The number of hydrogen-bond donors (Lipinski definition) is 6. The monoisotopic (exact) mass is 634 g/mol. The van der Waals surface area contributed by atoms with Gasteiger partial charge in [-0.05, 0) is 117 Å². The highest BCUT2D eigenvalue weighted by molar-refractivity contribution is 5.78. The second-order valence-corrected chi connectivity index (χ2v) is 17.2. The number of carbonyl (C=O) groups is 1. The number of fused-ring (bicyclic) bond motifs is 7. The zero-order valence-corrected chi connectivity index (χ0v) is 28.0. The third-order valence-corrected chi connectivity index (χ3v) is 15.7. The van der Waals surface area contributed by atoms with Crippen LogP contribution in [-0.2, 0) is 14.3 Å². The van der Waals surface area contributed by atoms with E-state index in [4.69, 9.17) is 9.47 Å². The van der Waals surface area contributed by atoms with Crippen LogP contribution in [0.25, 0.3) is 0 Å². The van der Waals surface area contributed by atoms with Crippen molar-refractivity contribution in [1.82, 2.24) is 0 Å². The molecule has 6 fully saturated rings. The lowest BCUT2D eigenvalue weighted by atomic mass is 9.32. The van der Waals surface area contributed by atoms with E-state index in [1.165, 1.54) is 0 Å². The van der Waals surface area contributed by atoms with Crippen LogP contribution in [0.4, 0.5) is 0 Å². The summed E-state index contributed by atoms with van der Waals surface area (Å²) in [5.74, 6) is 0.712. The van der Waals surface area contributed by atoms with Crippen LogP contribution in [-0.4, -0.2) is 86.6 Å². The summed E-state index contributed by atoms with van der Waals surface area (Å²) in [6, 6.07) is 0. The Morgan fingerprint density at radius 2 is 1.53 bits per heavy atom. The van der Waals surface area contributed by atoms with Crippen LogP contribution in [0.5, 0.6) is 0 Å². The summed E-state index contributed by atoms with van der Waals surface area (Å²) in [6.45, 7) is 15.4. The molecule has 6 rings (SSSR count). The summed E-state index contributed by atoms with van der Waals surface area (Å²) in [5.41, 5.74) is -0.201. The molecule has 6 unspecified atom stereocenters. The number of aliphatic hydroxyl groups excluding tert-OH is 6. The lowest BCUT2D eigenvalue weighted by Gasteiger charge is -2.72. The highest BCUT2D eigenvalue weighted by Gasteiger charge is 2.72. The smallest absolute Gasteiger partial charge is 0.314 e. The molecule has 0 radical (unpaired) electrons. The number of allylic oxidation sites excluding steroid dienone is 1. The molecule has 256 valence electrons. The van der Waals surface area contributed by atoms with E-state index in [-0.39, 0.29) is 46.5 Å². The third-order valence-electron chi connectivity index (χ3n) is 15.7. The molecule has 9 heteroatoms. The molecule has 0 aromatic rings. The molecule has 16 atom stereocenters. The molecule has 0 aromatic heterocycles. The van der Waals surface area contributed by atoms with Crippen molar-refractivity contribution in [3.05, 3.63) is 12.2 Å². The first-order valence-corrected chi connectivity index (χ1v) is 17.5. The van der Waals surface area contributed by atoms with E-state index in [0.29, 0.717) is 25.2 Å². The second kappa shape index (κ2) is 11.2. The van der Waals surface area contributed by atoms with Crippen LogP contribution in [0, 0.1) is 56.7 Å². The fourth-order valence-corrected chi connectivity index (χ4v) is 12.9. The zero-order chi connectivity index (χ0) is 32.9. The first kappa shape index (κ1) is 33.8. The molecule has 45 heavy (non-hydrogen) atoms. The molecule has 5 saturated carbocycles. The van der Waals surface area contributed by atoms with E-state index in [9.17, 15) is 35.4 Å². The summed E-state index contributed by atoms with van der Waals surface area (Å²) >= 11 is 0. The van der Waals surface area contributed by atoms with Gasteiger partial charge in [-0.3, -0.25) is 4.79 Å². The fraction of sp³-hybridized carbons (Fsp3) is 0.917. The van der Waals surface area contributed by atoms with Gasteiger partial charge in [0, 0.05) is 5.41 Å². The Labute approximate surface area is 268 Å². The lowest BCUT2D eigenvalue weighted by Crippen LogP contribution is -2.68. The van der Waals surface area contributed by atoms with E-state index in [2.05, 4.69) is 41.2 Å². The molecule has 6 aliphatic rings. The van der Waals surface area contributed by atoms with Gasteiger partial charge in [0.15, 0.2) is 0 Å². The third kappa shape index (κ3) is 4.46. The molecule has 5 aliphatic carbocycles. The Balaban J connectivity index is 1.33. The Bertz CT molecular complexity index is 1180. The Kier molecular flexibility index (Phi) is 8.45. The fourth-order valence-electron chi connectivity index (χ4n) is 12.9. The second-order valence-electron chi connectivity index (χ2n) is 17.2. The normalized spacial score (nSPS) is 55.9. The minimum Gasteiger partial charge on any atom is -0.432 e. The maximum Gasteiger partial charge on any atom is 0.314 e. The highest BCUT2D eigenvalue weighted by atomic mass is 16.7.